The number of imide groups is 1. The van der Waals surface area contributed by atoms with Crippen LogP contribution < -0.4 is 0 Å². The minimum atomic E-state index is -1.49. The van der Waals surface area contributed by atoms with Crippen molar-refractivity contribution < 1.29 is 38.6 Å². The van der Waals surface area contributed by atoms with Crippen LogP contribution in [0.1, 0.15) is 83.2 Å². The van der Waals surface area contributed by atoms with Gasteiger partial charge in [-0.25, -0.2) is 9.69 Å². The van der Waals surface area contributed by atoms with Crippen LogP contribution in [0.5, 0.6) is 0 Å². The highest BCUT2D eigenvalue weighted by Crippen LogP contribution is 2.30. The van der Waals surface area contributed by atoms with Gasteiger partial charge in [0.2, 0.25) is 5.91 Å². The van der Waals surface area contributed by atoms with Crippen LogP contribution in [0.3, 0.4) is 0 Å². The molecule has 1 aromatic rings. The van der Waals surface area contributed by atoms with E-state index in [0.29, 0.717) is 18.4 Å². The van der Waals surface area contributed by atoms with Gasteiger partial charge in [0.05, 0.1) is 5.92 Å². The van der Waals surface area contributed by atoms with Gasteiger partial charge in [0.15, 0.2) is 17.7 Å². The van der Waals surface area contributed by atoms with E-state index in [-0.39, 0.29) is 19.0 Å². The number of ether oxygens (including phenoxy) is 2. The van der Waals surface area contributed by atoms with Gasteiger partial charge >= 0.3 is 12.1 Å². The number of carbonyl (C=O) groups excluding carboxylic acids is 5. The highest BCUT2D eigenvalue weighted by molar-refractivity contribution is 6.04. The molecule has 208 valence electrons. The average Bonchev–Trinajstić information content (AvgIpc) is 3.30. The van der Waals surface area contributed by atoms with E-state index in [2.05, 4.69) is 0 Å². The van der Waals surface area contributed by atoms with Crippen LogP contribution >= 0.6 is 0 Å². The van der Waals surface area contributed by atoms with E-state index in [9.17, 15) is 24.0 Å². The van der Waals surface area contributed by atoms with Crippen LogP contribution in [0.4, 0.5) is 4.79 Å². The third-order valence-electron chi connectivity index (χ3n) is 6.48. The maximum absolute atomic E-state index is 13.3. The second-order valence-electron chi connectivity index (χ2n) is 9.53. The zero-order chi connectivity index (χ0) is 27.9. The van der Waals surface area contributed by atoms with E-state index >= 15 is 0 Å². The van der Waals surface area contributed by atoms with E-state index in [4.69, 9.17) is 14.6 Å². The van der Waals surface area contributed by atoms with Gasteiger partial charge in [-0.05, 0) is 37.5 Å². The molecule has 0 aliphatic carbocycles. The van der Waals surface area contributed by atoms with Crippen molar-refractivity contribution in [2.45, 2.75) is 83.8 Å². The fourth-order valence-electron chi connectivity index (χ4n) is 4.34. The molecule has 0 aromatic heterocycles. The van der Waals surface area contributed by atoms with Gasteiger partial charge in [-0.15, -0.1) is 0 Å². The number of cyclic esters (lactones) is 1. The number of rotatable bonds is 17. The van der Waals surface area contributed by atoms with E-state index in [1.807, 2.05) is 6.07 Å². The number of esters is 1. The molecule has 0 saturated carbocycles. The van der Waals surface area contributed by atoms with Crippen LogP contribution in [0, 0.1) is 5.92 Å². The van der Waals surface area contributed by atoms with Crippen LogP contribution in [0.2, 0.25) is 0 Å². The maximum Gasteiger partial charge on any atom is 0.417 e. The standard InChI is InChI=1S/C29H39NO8/c1-21(28(35)30-25(20-37-29(30)36)23-14-10-9-11-15-23)27(38-22(2)32)26(34)18-17-24(33)16-12-7-5-3-4-6-8-13-19-31/h9-11,14-15,17-18,21,25,27,31H,3-8,12-13,16,19-20H2,1-2H3. The second kappa shape index (κ2) is 16.5. The van der Waals surface area contributed by atoms with Crippen LogP contribution in [0.25, 0.3) is 0 Å². The van der Waals surface area contributed by atoms with Crippen molar-refractivity contribution in [1.29, 1.82) is 0 Å². The topological polar surface area (TPSA) is 127 Å². The third-order valence-corrected chi connectivity index (χ3v) is 6.48. The summed E-state index contributed by atoms with van der Waals surface area (Å²) in [5.74, 6) is -3.59. The van der Waals surface area contributed by atoms with Gasteiger partial charge < -0.3 is 14.6 Å². The summed E-state index contributed by atoms with van der Waals surface area (Å²) in [6.07, 6.45) is 7.95. The summed E-state index contributed by atoms with van der Waals surface area (Å²) in [6.45, 7) is 2.74. The molecule has 3 unspecified atom stereocenters. The first-order chi connectivity index (χ1) is 18.3. The van der Waals surface area contributed by atoms with Gasteiger partial charge in [-0.2, -0.15) is 0 Å². The van der Waals surface area contributed by atoms with Crippen LogP contribution in [-0.2, 0) is 28.7 Å². The summed E-state index contributed by atoms with van der Waals surface area (Å²) in [5, 5.41) is 8.78. The van der Waals surface area contributed by atoms with Crippen molar-refractivity contribution in [3.8, 4) is 0 Å². The Hall–Kier alpha value is -3.33. The fraction of sp³-hybridized carbons (Fsp3) is 0.552. The summed E-state index contributed by atoms with van der Waals surface area (Å²) in [5.41, 5.74) is 0.696. The van der Waals surface area contributed by atoms with Crippen molar-refractivity contribution in [2.24, 2.45) is 5.92 Å². The van der Waals surface area contributed by atoms with E-state index < -0.39 is 41.8 Å². The Kier molecular flexibility index (Phi) is 13.4. The first kappa shape index (κ1) is 30.9. The molecule has 1 N–H and O–H groups in total. The van der Waals surface area contributed by atoms with Gasteiger partial charge in [-0.1, -0.05) is 68.9 Å². The fourth-order valence-corrected chi connectivity index (χ4v) is 4.34. The summed E-state index contributed by atoms with van der Waals surface area (Å²) >= 11 is 0. The summed E-state index contributed by atoms with van der Waals surface area (Å²) in [7, 11) is 0. The molecule has 0 spiro atoms. The van der Waals surface area contributed by atoms with Crippen molar-refractivity contribution >= 4 is 29.5 Å². The molecule has 1 aromatic carbocycles. The molecule has 9 heteroatoms. The lowest BCUT2D eigenvalue weighted by molar-refractivity contribution is -0.158. The Labute approximate surface area is 224 Å². The number of hydrogen-bond acceptors (Lipinski definition) is 8. The molecule has 1 aliphatic heterocycles. The molecule has 38 heavy (non-hydrogen) atoms. The largest absolute Gasteiger partial charge is 0.453 e. The number of nitrogens with zero attached hydrogens (tertiary/aromatic N) is 1. The lowest BCUT2D eigenvalue weighted by Crippen LogP contribution is -2.45. The number of ketones is 2. The molecular weight excluding hydrogens is 490 g/mol. The minimum absolute atomic E-state index is 0.0222. The van der Waals surface area contributed by atoms with Crippen LogP contribution in [0.15, 0.2) is 42.5 Å². The highest BCUT2D eigenvalue weighted by Gasteiger charge is 2.44. The summed E-state index contributed by atoms with van der Waals surface area (Å²) in [6, 6.07) is 8.22. The monoisotopic (exact) mass is 529 g/mol. The number of aliphatic hydroxyl groups excluding tert-OH is 1. The van der Waals surface area contributed by atoms with Crippen molar-refractivity contribution in [3.05, 3.63) is 48.0 Å². The zero-order valence-electron chi connectivity index (χ0n) is 22.3. The number of amides is 2. The summed E-state index contributed by atoms with van der Waals surface area (Å²) in [4.78, 5) is 63.4. The smallest absolute Gasteiger partial charge is 0.417 e. The molecule has 0 radical (unpaired) electrons. The number of carbonyl (C=O) groups is 5. The number of benzene rings is 1. The molecule has 1 aliphatic rings. The normalized spacial score (nSPS) is 16.8. The Morgan fingerprint density at radius 1 is 1.00 bits per heavy atom. The number of allylic oxidation sites excluding steroid dienone is 1. The molecule has 0 bridgehead atoms. The van der Waals surface area contributed by atoms with Crippen molar-refractivity contribution in [1.82, 2.24) is 4.90 Å². The highest BCUT2D eigenvalue weighted by atomic mass is 16.6. The number of hydrogen-bond donors (Lipinski definition) is 1. The van der Waals surface area contributed by atoms with Gasteiger partial charge in [0, 0.05) is 20.0 Å². The Balaban J connectivity index is 1.93. The van der Waals surface area contributed by atoms with E-state index in [1.165, 1.54) is 6.92 Å². The minimum Gasteiger partial charge on any atom is -0.453 e. The Bertz CT molecular complexity index is 974. The average molecular weight is 530 g/mol. The van der Waals surface area contributed by atoms with Crippen LogP contribution in [-0.4, -0.2) is 58.9 Å². The predicted octanol–water partition coefficient (Wildman–Crippen LogP) is 4.47. The molecule has 1 fully saturated rings. The van der Waals surface area contributed by atoms with E-state index in [0.717, 1.165) is 68.9 Å². The molecule has 2 rings (SSSR count). The van der Waals surface area contributed by atoms with Gasteiger partial charge in [0.25, 0.3) is 0 Å². The van der Waals surface area contributed by atoms with Gasteiger partial charge in [0.1, 0.15) is 12.6 Å². The van der Waals surface area contributed by atoms with Crippen molar-refractivity contribution in [2.75, 3.05) is 13.2 Å². The zero-order valence-corrected chi connectivity index (χ0v) is 22.3. The first-order valence-electron chi connectivity index (χ1n) is 13.3. The molecule has 2 amide bonds. The SMILES string of the molecule is CC(=O)OC(C(=O)C=CC(=O)CCCCCCCCCCO)C(C)C(=O)N1C(=O)OCC1c1ccccc1. The van der Waals surface area contributed by atoms with Crippen molar-refractivity contribution in [3.63, 3.8) is 0 Å². The Morgan fingerprint density at radius 3 is 2.21 bits per heavy atom. The molecule has 1 heterocycles. The number of unbranched alkanes of at least 4 members (excludes halogenated alkanes) is 7. The number of aliphatic hydroxyl groups is 1. The first-order valence-corrected chi connectivity index (χ1v) is 13.3. The maximum atomic E-state index is 13.3. The predicted molar refractivity (Wildman–Crippen MR) is 140 cm³/mol. The lowest BCUT2D eigenvalue weighted by atomic mass is 9.96. The lowest BCUT2D eigenvalue weighted by Gasteiger charge is -2.26. The molecule has 1 saturated heterocycles. The molecular formula is C29H39NO8. The molecule has 9 nitrogen and oxygen atoms in total. The third kappa shape index (κ3) is 9.85. The molecule has 3 atom stereocenters. The Morgan fingerprint density at radius 2 is 1.61 bits per heavy atom. The summed E-state index contributed by atoms with van der Waals surface area (Å²) < 4.78 is 10.3. The second-order valence-corrected chi connectivity index (χ2v) is 9.53. The van der Waals surface area contributed by atoms with E-state index in [1.54, 1.807) is 24.3 Å². The van der Waals surface area contributed by atoms with Gasteiger partial charge in [-0.3, -0.25) is 19.2 Å². The quantitative estimate of drug-likeness (QED) is 0.178.